The second-order valence-electron chi connectivity index (χ2n) is 4.12. The maximum Gasteiger partial charge on any atom is 0.224 e. The molecule has 0 saturated carbocycles. The van der Waals surface area contributed by atoms with Gasteiger partial charge in [-0.05, 0) is 23.3 Å². The summed E-state index contributed by atoms with van der Waals surface area (Å²) in [6, 6.07) is 7.01. The summed E-state index contributed by atoms with van der Waals surface area (Å²) in [6.07, 6.45) is -0.977. The minimum Gasteiger partial charge on any atom is -0.390 e. The van der Waals surface area contributed by atoms with Gasteiger partial charge in [0.25, 0.3) is 0 Å². The first kappa shape index (κ1) is 15.0. The van der Waals surface area contributed by atoms with Crippen LogP contribution in [0.25, 0.3) is 0 Å². The third-order valence-electron chi connectivity index (χ3n) is 2.75. The highest BCUT2D eigenvalue weighted by Gasteiger charge is 2.17. The highest BCUT2D eigenvalue weighted by atomic mass is 32.1. The Labute approximate surface area is 112 Å². The van der Waals surface area contributed by atoms with Crippen molar-refractivity contribution in [2.45, 2.75) is 25.0 Å². The Bertz CT molecular complexity index is 380. The second-order valence-corrected chi connectivity index (χ2v) is 4.56. The fraction of sp³-hybridized carbons (Fsp3) is 0.462. The molecule has 0 aromatic heterocycles. The fourth-order valence-electron chi connectivity index (χ4n) is 1.62. The van der Waals surface area contributed by atoms with Crippen molar-refractivity contribution in [1.29, 1.82) is 0 Å². The van der Waals surface area contributed by atoms with Gasteiger partial charge in [-0.2, -0.15) is 12.6 Å². The Morgan fingerprint density at radius 2 is 1.94 bits per heavy atom. The zero-order valence-electron chi connectivity index (χ0n) is 10.3. The van der Waals surface area contributed by atoms with E-state index in [9.17, 15) is 15.0 Å². The Kier molecular flexibility index (Phi) is 6.18. The maximum absolute atomic E-state index is 11.2. The molecular weight excluding hydrogens is 250 g/mol. The highest BCUT2D eigenvalue weighted by Crippen LogP contribution is 2.19. The first-order valence-corrected chi connectivity index (χ1v) is 6.48. The van der Waals surface area contributed by atoms with E-state index < -0.39 is 12.2 Å². The second kappa shape index (κ2) is 7.41. The number of aliphatic hydroxyl groups excluding tert-OH is 2. The van der Waals surface area contributed by atoms with Gasteiger partial charge in [-0.15, -0.1) is 0 Å². The van der Waals surface area contributed by atoms with Crippen LogP contribution < -0.4 is 5.32 Å². The number of carbonyl (C=O) groups excluding carboxylic acids is 1. The summed E-state index contributed by atoms with van der Waals surface area (Å²) < 4.78 is 0. The van der Waals surface area contributed by atoms with E-state index in [1.165, 1.54) is 0 Å². The van der Waals surface area contributed by atoms with Crippen LogP contribution >= 0.6 is 12.6 Å². The average molecular weight is 269 g/mol. The number of hydrogen-bond acceptors (Lipinski definition) is 4. The lowest BCUT2D eigenvalue weighted by Gasteiger charge is -2.17. The van der Waals surface area contributed by atoms with E-state index in [2.05, 4.69) is 17.9 Å². The van der Waals surface area contributed by atoms with Crippen LogP contribution in [0.1, 0.15) is 23.7 Å². The van der Waals surface area contributed by atoms with Gasteiger partial charge in [0.2, 0.25) is 5.91 Å². The Morgan fingerprint density at radius 3 is 2.44 bits per heavy atom. The van der Waals surface area contributed by atoms with Crippen molar-refractivity contribution in [2.75, 3.05) is 12.8 Å². The number of thiol groups is 1. The van der Waals surface area contributed by atoms with Gasteiger partial charge in [0, 0.05) is 7.05 Å². The van der Waals surface area contributed by atoms with Gasteiger partial charge >= 0.3 is 0 Å². The molecule has 5 heteroatoms. The van der Waals surface area contributed by atoms with Crippen LogP contribution in [0.3, 0.4) is 0 Å². The molecule has 1 aromatic carbocycles. The molecular formula is C13H19NO3S. The molecule has 18 heavy (non-hydrogen) atoms. The van der Waals surface area contributed by atoms with Crippen LogP contribution in [0.2, 0.25) is 0 Å². The van der Waals surface area contributed by atoms with Crippen molar-refractivity contribution in [3.63, 3.8) is 0 Å². The third kappa shape index (κ3) is 4.33. The first-order valence-electron chi connectivity index (χ1n) is 5.85. The average Bonchev–Trinajstić information content (AvgIpc) is 2.39. The zero-order valence-corrected chi connectivity index (χ0v) is 11.2. The number of rotatable bonds is 6. The summed E-state index contributed by atoms with van der Waals surface area (Å²) in [4.78, 5) is 11.2. The molecule has 0 aliphatic carbocycles. The number of nitrogens with one attached hydrogen (secondary N) is 1. The van der Waals surface area contributed by atoms with Gasteiger partial charge in [-0.3, -0.25) is 4.79 Å². The van der Waals surface area contributed by atoms with Crippen LogP contribution in [-0.4, -0.2) is 35.0 Å². The van der Waals surface area contributed by atoms with Gasteiger partial charge < -0.3 is 15.5 Å². The SMILES string of the molecule is CNC(=O)Cc1ccc(C(O)C(O)CCS)cc1. The van der Waals surface area contributed by atoms with Gasteiger partial charge in [0.05, 0.1) is 12.5 Å². The fourth-order valence-corrected chi connectivity index (χ4v) is 1.88. The van der Waals surface area contributed by atoms with Crippen LogP contribution in [0.5, 0.6) is 0 Å². The van der Waals surface area contributed by atoms with E-state index in [1.54, 1.807) is 31.3 Å². The van der Waals surface area contributed by atoms with E-state index in [0.717, 1.165) is 5.56 Å². The third-order valence-corrected chi connectivity index (χ3v) is 3.01. The molecule has 0 heterocycles. The molecule has 0 fully saturated rings. The molecule has 1 amide bonds. The molecule has 0 aliphatic rings. The van der Waals surface area contributed by atoms with Crippen molar-refractivity contribution >= 4 is 18.5 Å². The summed E-state index contributed by atoms with van der Waals surface area (Å²) >= 11 is 4.02. The maximum atomic E-state index is 11.2. The molecule has 0 radical (unpaired) electrons. The van der Waals surface area contributed by atoms with E-state index in [-0.39, 0.29) is 5.91 Å². The molecule has 3 N–H and O–H groups in total. The summed E-state index contributed by atoms with van der Waals surface area (Å²) in [5.74, 6) is 0.464. The quantitative estimate of drug-likeness (QED) is 0.574. The number of benzene rings is 1. The number of aliphatic hydroxyl groups is 2. The largest absolute Gasteiger partial charge is 0.390 e. The minimum atomic E-state index is -0.911. The van der Waals surface area contributed by atoms with Crippen LogP contribution in [-0.2, 0) is 11.2 Å². The Hall–Kier alpha value is -1.04. The topological polar surface area (TPSA) is 69.6 Å². The van der Waals surface area contributed by atoms with Gasteiger partial charge in [0.15, 0.2) is 0 Å². The number of likely N-dealkylation sites (N-methyl/N-ethyl adjacent to an activating group) is 1. The van der Waals surface area contributed by atoms with Gasteiger partial charge in [0.1, 0.15) is 6.10 Å². The minimum absolute atomic E-state index is 0.0570. The molecule has 0 saturated heterocycles. The van der Waals surface area contributed by atoms with Crippen LogP contribution in [0, 0.1) is 0 Å². The standard InChI is InChI=1S/C13H19NO3S/c1-14-12(16)8-9-2-4-10(5-3-9)13(17)11(15)6-7-18/h2-5,11,13,15,17-18H,6-8H2,1H3,(H,14,16). The van der Waals surface area contributed by atoms with E-state index in [0.29, 0.717) is 24.2 Å². The van der Waals surface area contributed by atoms with E-state index in [1.807, 2.05) is 0 Å². The molecule has 2 unspecified atom stereocenters. The summed E-state index contributed by atoms with van der Waals surface area (Å²) in [5, 5.41) is 22.1. The summed E-state index contributed by atoms with van der Waals surface area (Å²) in [7, 11) is 1.59. The lowest BCUT2D eigenvalue weighted by Crippen LogP contribution is -2.20. The van der Waals surface area contributed by atoms with Crippen molar-refractivity contribution in [3.05, 3.63) is 35.4 Å². The molecule has 100 valence electrons. The molecule has 2 atom stereocenters. The van der Waals surface area contributed by atoms with Crippen LogP contribution in [0.4, 0.5) is 0 Å². The molecule has 0 bridgehead atoms. The highest BCUT2D eigenvalue weighted by molar-refractivity contribution is 7.80. The van der Waals surface area contributed by atoms with Gasteiger partial charge in [-0.25, -0.2) is 0 Å². The monoisotopic (exact) mass is 269 g/mol. The lowest BCUT2D eigenvalue weighted by atomic mass is 10.0. The predicted octanol–water partition coefficient (Wildman–Crippen LogP) is 0.689. The summed E-state index contributed by atoms with van der Waals surface area (Å²) in [6.45, 7) is 0. The molecule has 0 spiro atoms. The normalized spacial score (nSPS) is 14.0. The van der Waals surface area contributed by atoms with Crippen LogP contribution in [0.15, 0.2) is 24.3 Å². The first-order chi connectivity index (χ1) is 8.58. The lowest BCUT2D eigenvalue weighted by molar-refractivity contribution is -0.119. The number of hydrogen-bond donors (Lipinski definition) is 4. The Balaban J connectivity index is 2.67. The predicted molar refractivity (Wildman–Crippen MR) is 73.6 cm³/mol. The van der Waals surface area contributed by atoms with Crippen molar-refractivity contribution in [2.24, 2.45) is 0 Å². The number of amides is 1. The van der Waals surface area contributed by atoms with Crippen molar-refractivity contribution in [1.82, 2.24) is 5.32 Å². The Morgan fingerprint density at radius 1 is 1.33 bits per heavy atom. The smallest absolute Gasteiger partial charge is 0.224 e. The van der Waals surface area contributed by atoms with Gasteiger partial charge in [-0.1, -0.05) is 24.3 Å². The number of carbonyl (C=O) groups is 1. The van der Waals surface area contributed by atoms with Crippen molar-refractivity contribution in [3.8, 4) is 0 Å². The molecule has 1 rings (SSSR count). The van der Waals surface area contributed by atoms with Crippen molar-refractivity contribution < 1.29 is 15.0 Å². The zero-order chi connectivity index (χ0) is 13.5. The van der Waals surface area contributed by atoms with E-state index in [4.69, 9.17) is 0 Å². The summed E-state index contributed by atoms with van der Waals surface area (Å²) in [5.41, 5.74) is 1.51. The molecule has 1 aromatic rings. The molecule has 0 aliphatic heterocycles. The molecule has 4 nitrogen and oxygen atoms in total. The van der Waals surface area contributed by atoms with E-state index >= 15 is 0 Å².